The largest absolute Gasteiger partial charge is 0.493 e. The second-order valence-electron chi connectivity index (χ2n) is 10.7. The zero-order valence-electron chi connectivity index (χ0n) is 23.8. The van der Waals surface area contributed by atoms with Gasteiger partial charge in [0.05, 0.1) is 33.6 Å². The molecule has 0 radical (unpaired) electrons. The number of hydrogen-bond donors (Lipinski definition) is 2. The molecule has 1 saturated heterocycles. The number of thioether (sulfide) groups is 1. The van der Waals surface area contributed by atoms with Crippen molar-refractivity contribution in [1.82, 2.24) is 19.8 Å². The predicted octanol–water partition coefficient (Wildman–Crippen LogP) is 5.97. The van der Waals surface area contributed by atoms with Gasteiger partial charge in [-0.15, -0.1) is 23.1 Å². The van der Waals surface area contributed by atoms with Gasteiger partial charge >= 0.3 is 0 Å². The van der Waals surface area contributed by atoms with Crippen LogP contribution < -0.4 is 10.1 Å². The zero-order chi connectivity index (χ0) is 28.4. The van der Waals surface area contributed by atoms with Gasteiger partial charge < -0.3 is 20.1 Å². The summed E-state index contributed by atoms with van der Waals surface area (Å²) < 4.78 is 7.14. The molecule has 1 saturated carbocycles. The third kappa shape index (κ3) is 7.79. The SMILES string of the molecule is CSc1sc(-c2ccnc(Nc3cccc(OCCCN4CCN(CCO)CC4)c3)n2)c(C2CCCCC2)c1C#N. The number of thiophene rings is 1. The molecule has 0 unspecified atom stereocenters. The number of β-amino-alcohol motifs (C(OH)–C–C–N with tert-alkyl or cyclic N) is 1. The van der Waals surface area contributed by atoms with E-state index in [4.69, 9.17) is 14.8 Å². The number of aliphatic hydroxyl groups excluding tert-OH is 1. The molecule has 0 atom stereocenters. The fraction of sp³-hybridized carbons (Fsp3) is 0.516. The van der Waals surface area contributed by atoms with Crippen molar-refractivity contribution < 1.29 is 9.84 Å². The molecule has 3 heterocycles. The Morgan fingerprint density at radius 2 is 1.90 bits per heavy atom. The lowest BCUT2D eigenvalue weighted by Crippen LogP contribution is -2.47. The third-order valence-corrected chi connectivity index (χ3v) is 10.3. The average molecular weight is 593 g/mol. The molecule has 41 heavy (non-hydrogen) atoms. The number of nitrogens with one attached hydrogen (secondary N) is 1. The Balaban J connectivity index is 1.21. The van der Waals surface area contributed by atoms with E-state index in [2.05, 4.69) is 26.2 Å². The highest BCUT2D eigenvalue weighted by atomic mass is 32.2. The van der Waals surface area contributed by atoms with Gasteiger partial charge in [0.25, 0.3) is 0 Å². The molecule has 2 N–H and O–H groups in total. The summed E-state index contributed by atoms with van der Waals surface area (Å²) in [5.41, 5.74) is 3.77. The van der Waals surface area contributed by atoms with Gasteiger partial charge in [0.1, 0.15) is 11.8 Å². The van der Waals surface area contributed by atoms with Crippen molar-refractivity contribution in [2.24, 2.45) is 0 Å². The molecular formula is C31H40N6O2S2. The Hall–Kier alpha value is -2.68. The highest BCUT2D eigenvalue weighted by Crippen LogP contribution is 2.47. The number of ether oxygens (including phenoxy) is 1. The highest BCUT2D eigenvalue weighted by molar-refractivity contribution is 8.00. The first kappa shape index (κ1) is 29.8. The summed E-state index contributed by atoms with van der Waals surface area (Å²) in [5, 5.41) is 22.5. The molecule has 0 spiro atoms. The molecule has 2 aromatic heterocycles. The highest BCUT2D eigenvalue weighted by Gasteiger charge is 2.28. The van der Waals surface area contributed by atoms with Crippen LogP contribution in [0.1, 0.15) is 55.6 Å². The van der Waals surface area contributed by atoms with E-state index in [0.717, 1.165) is 90.3 Å². The fourth-order valence-corrected chi connectivity index (χ4v) is 7.82. The summed E-state index contributed by atoms with van der Waals surface area (Å²) in [4.78, 5) is 15.3. The Morgan fingerprint density at radius 3 is 2.63 bits per heavy atom. The van der Waals surface area contributed by atoms with E-state index in [9.17, 15) is 5.26 Å². The van der Waals surface area contributed by atoms with E-state index in [1.54, 1.807) is 29.3 Å². The summed E-state index contributed by atoms with van der Waals surface area (Å²) >= 11 is 3.34. The molecule has 1 aliphatic heterocycles. The number of nitriles is 1. The minimum Gasteiger partial charge on any atom is -0.493 e. The monoisotopic (exact) mass is 592 g/mol. The van der Waals surface area contributed by atoms with Gasteiger partial charge in [0.15, 0.2) is 0 Å². The summed E-state index contributed by atoms with van der Waals surface area (Å²) in [5.74, 6) is 1.77. The minimum absolute atomic E-state index is 0.234. The van der Waals surface area contributed by atoms with E-state index >= 15 is 0 Å². The molecule has 1 aliphatic carbocycles. The second kappa shape index (κ2) is 15.0. The van der Waals surface area contributed by atoms with Crippen molar-refractivity contribution in [3.8, 4) is 22.4 Å². The molecule has 218 valence electrons. The number of hydrogen-bond acceptors (Lipinski definition) is 10. The van der Waals surface area contributed by atoms with Crippen LogP contribution in [-0.4, -0.2) is 83.6 Å². The summed E-state index contributed by atoms with van der Waals surface area (Å²) in [6, 6.07) is 12.4. The number of aliphatic hydroxyl groups is 1. The van der Waals surface area contributed by atoms with Crippen molar-refractivity contribution in [2.45, 2.75) is 48.7 Å². The van der Waals surface area contributed by atoms with Gasteiger partial charge in [-0.2, -0.15) is 5.26 Å². The van der Waals surface area contributed by atoms with E-state index in [-0.39, 0.29) is 6.61 Å². The second-order valence-corrected chi connectivity index (χ2v) is 12.8. The van der Waals surface area contributed by atoms with Crippen LogP contribution in [0.2, 0.25) is 0 Å². The topological polar surface area (TPSA) is 97.5 Å². The zero-order valence-corrected chi connectivity index (χ0v) is 25.5. The van der Waals surface area contributed by atoms with Crippen molar-refractivity contribution in [3.05, 3.63) is 47.7 Å². The van der Waals surface area contributed by atoms with Crippen LogP contribution in [0.4, 0.5) is 11.6 Å². The van der Waals surface area contributed by atoms with Gasteiger partial charge in [-0.1, -0.05) is 25.3 Å². The van der Waals surface area contributed by atoms with Crippen LogP contribution in [0.15, 0.2) is 40.7 Å². The lowest BCUT2D eigenvalue weighted by atomic mass is 9.82. The van der Waals surface area contributed by atoms with Crippen molar-refractivity contribution in [3.63, 3.8) is 0 Å². The Bertz CT molecular complexity index is 1310. The molecule has 5 rings (SSSR count). The first-order valence-corrected chi connectivity index (χ1v) is 16.7. The first-order valence-electron chi connectivity index (χ1n) is 14.7. The van der Waals surface area contributed by atoms with Gasteiger partial charge in [0, 0.05) is 57.2 Å². The lowest BCUT2D eigenvalue weighted by Gasteiger charge is -2.34. The number of benzene rings is 1. The molecule has 0 amide bonds. The summed E-state index contributed by atoms with van der Waals surface area (Å²) in [7, 11) is 0. The van der Waals surface area contributed by atoms with Crippen molar-refractivity contribution in [2.75, 3.05) is 64.1 Å². The van der Waals surface area contributed by atoms with Crippen LogP contribution >= 0.6 is 23.1 Å². The summed E-state index contributed by atoms with van der Waals surface area (Å²) in [6.45, 7) is 6.81. The third-order valence-electron chi connectivity index (χ3n) is 7.97. The van der Waals surface area contributed by atoms with Crippen LogP contribution in [0.5, 0.6) is 5.75 Å². The number of aromatic nitrogens is 2. The molecule has 2 aliphatic rings. The molecular weight excluding hydrogens is 553 g/mol. The maximum atomic E-state index is 10.0. The quantitative estimate of drug-likeness (QED) is 0.195. The number of nitrogens with zero attached hydrogens (tertiary/aromatic N) is 5. The Morgan fingerprint density at radius 1 is 1.12 bits per heavy atom. The van der Waals surface area contributed by atoms with Crippen LogP contribution in [0.3, 0.4) is 0 Å². The van der Waals surface area contributed by atoms with Gasteiger partial charge in [0.2, 0.25) is 5.95 Å². The summed E-state index contributed by atoms with van der Waals surface area (Å²) in [6.07, 6.45) is 10.8. The van der Waals surface area contributed by atoms with E-state index in [0.29, 0.717) is 18.5 Å². The molecule has 8 nitrogen and oxygen atoms in total. The minimum atomic E-state index is 0.234. The standard InChI is InChI=1S/C31H40N6O2S2/c1-40-30-26(22-32)28(23-7-3-2-4-8-23)29(41-30)27-11-12-33-31(35-27)34-24-9-5-10-25(21-24)39-20-6-13-36-14-16-37(17-15-36)18-19-38/h5,9-12,21,23,38H,2-4,6-8,13-20H2,1H3,(H,33,34,35). The molecule has 0 bridgehead atoms. The maximum Gasteiger partial charge on any atom is 0.227 e. The number of rotatable bonds is 12. The van der Waals surface area contributed by atoms with Crippen LogP contribution in [0.25, 0.3) is 10.6 Å². The van der Waals surface area contributed by atoms with E-state index in [1.165, 1.54) is 24.8 Å². The fourth-order valence-electron chi connectivity index (χ4n) is 5.84. The number of piperazine rings is 1. The van der Waals surface area contributed by atoms with Crippen LogP contribution in [0, 0.1) is 11.3 Å². The molecule has 3 aromatic rings. The molecule has 2 fully saturated rings. The predicted molar refractivity (Wildman–Crippen MR) is 167 cm³/mol. The maximum absolute atomic E-state index is 10.0. The van der Waals surface area contributed by atoms with E-state index in [1.807, 2.05) is 36.6 Å². The molecule has 1 aromatic carbocycles. The molecule has 10 heteroatoms. The van der Waals surface area contributed by atoms with E-state index < -0.39 is 0 Å². The Labute approximate surface area is 251 Å². The lowest BCUT2D eigenvalue weighted by molar-refractivity contribution is 0.108. The van der Waals surface area contributed by atoms with Crippen LogP contribution in [-0.2, 0) is 0 Å². The smallest absolute Gasteiger partial charge is 0.227 e. The van der Waals surface area contributed by atoms with Gasteiger partial charge in [-0.3, -0.25) is 4.90 Å². The van der Waals surface area contributed by atoms with Gasteiger partial charge in [-0.25, -0.2) is 9.97 Å². The van der Waals surface area contributed by atoms with Crippen molar-refractivity contribution in [1.29, 1.82) is 5.26 Å². The normalized spacial score (nSPS) is 16.9. The average Bonchev–Trinajstić information content (AvgIpc) is 3.40. The Kier molecular flexibility index (Phi) is 10.9. The first-order chi connectivity index (χ1) is 20.2. The van der Waals surface area contributed by atoms with Gasteiger partial charge in [-0.05, 0) is 55.2 Å². The van der Waals surface area contributed by atoms with Crippen molar-refractivity contribution >= 4 is 34.7 Å². The number of anilines is 2.